The second-order valence-electron chi connectivity index (χ2n) is 4.74. The molecule has 2 heterocycles. The first-order chi connectivity index (χ1) is 9.70. The van der Waals surface area contributed by atoms with Crippen LogP contribution in [0.5, 0.6) is 0 Å². The summed E-state index contributed by atoms with van der Waals surface area (Å²) in [5.41, 5.74) is 8.71. The van der Waals surface area contributed by atoms with Crippen LogP contribution in [-0.2, 0) is 6.42 Å². The average molecular weight is 264 g/mol. The number of fused-ring (bicyclic) bond motifs is 1. The van der Waals surface area contributed by atoms with Crippen LogP contribution in [0.4, 0.5) is 5.82 Å². The summed E-state index contributed by atoms with van der Waals surface area (Å²) in [4.78, 5) is 13.5. The fraction of sp³-hybridized carbons (Fsp3) is 0.188. The molecule has 1 aromatic carbocycles. The number of hydrogen-bond donors (Lipinski definition) is 1. The average Bonchev–Trinajstić information content (AvgIpc) is 2.49. The summed E-state index contributed by atoms with van der Waals surface area (Å²) < 4.78 is 0. The van der Waals surface area contributed by atoms with Crippen molar-refractivity contribution < 1.29 is 0 Å². The lowest BCUT2D eigenvalue weighted by atomic mass is 10.1. The van der Waals surface area contributed by atoms with Crippen LogP contribution in [0.15, 0.2) is 36.5 Å². The highest BCUT2D eigenvalue weighted by atomic mass is 15.0. The Kier molecular flexibility index (Phi) is 3.06. The maximum Gasteiger partial charge on any atom is 0.181 e. The zero-order valence-corrected chi connectivity index (χ0v) is 11.6. The first-order valence-corrected chi connectivity index (χ1v) is 6.67. The number of rotatable bonds is 2. The van der Waals surface area contributed by atoms with Crippen molar-refractivity contribution in [3.05, 3.63) is 47.8 Å². The van der Waals surface area contributed by atoms with E-state index in [1.807, 2.05) is 31.2 Å². The monoisotopic (exact) mass is 264 g/mol. The third-order valence-corrected chi connectivity index (χ3v) is 3.50. The number of hydrogen-bond acceptors (Lipinski definition) is 4. The van der Waals surface area contributed by atoms with E-state index in [9.17, 15) is 0 Å². The van der Waals surface area contributed by atoms with Gasteiger partial charge in [-0.1, -0.05) is 31.2 Å². The van der Waals surface area contributed by atoms with Gasteiger partial charge in [-0.3, -0.25) is 4.98 Å². The van der Waals surface area contributed by atoms with Gasteiger partial charge >= 0.3 is 0 Å². The van der Waals surface area contributed by atoms with Crippen LogP contribution in [0.1, 0.15) is 18.2 Å². The van der Waals surface area contributed by atoms with Gasteiger partial charge in [0.25, 0.3) is 0 Å². The Labute approximate surface area is 117 Å². The molecule has 0 atom stereocenters. The molecule has 2 aromatic heterocycles. The minimum absolute atomic E-state index is 0.529. The number of nitrogens with two attached hydrogens (primary N) is 1. The van der Waals surface area contributed by atoms with E-state index in [2.05, 4.69) is 27.9 Å². The normalized spacial score (nSPS) is 10.9. The standard InChI is InChI=1S/C16H16N4/c1-3-13-10(2)15(17)20-16(19-13)14-12-7-5-4-6-11(12)8-9-18-14/h4-9H,3H2,1-2H3,(H2,17,19,20). The van der Waals surface area contributed by atoms with E-state index in [4.69, 9.17) is 5.73 Å². The fourth-order valence-corrected chi connectivity index (χ4v) is 2.33. The van der Waals surface area contributed by atoms with Gasteiger partial charge in [-0.25, -0.2) is 9.97 Å². The third kappa shape index (κ3) is 1.99. The summed E-state index contributed by atoms with van der Waals surface area (Å²) in [5, 5.41) is 2.17. The molecule has 0 saturated heterocycles. The second-order valence-corrected chi connectivity index (χ2v) is 4.74. The van der Waals surface area contributed by atoms with Gasteiger partial charge in [-0.05, 0) is 24.8 Å². The van der Waals surface area contributed by atoms with Crippen LogP contribution in [-0.4, -0.2) is 15.0 Å². The molecule has 20 heavy (non-hydrogen) atoms. The van der Waals surface area contributed by atoms with Gasteiger partial charge in [-0.15, -0.1) is 0 Å². The predicted octanol–water partition coefficient (Wildman–Crippen LogP) is 3.14. The number of aryl methyl sites for hydroxylation is 1. The first-order valence-electron chi connectivity index (χ1n) is 6.67. The van der Waals surface area contributed by atoms with Crippen molar-refractivity contribution in [1.29, 1.82) is 0 Å². The Bertz CT molecular complexity index is 775. The van der Waals surface area contributed by atoms with Gasteiger partial charge in [0, 0.05) is 22.8 Å². The van der Waals surface area contributed by atoms with Gasteiger partial charge in [-0.2, -0.15) is 0 Å². The lowest BCUT2D eigenvalue weighted by Crippen LogP contribution is -2.05. The van der Waals surface area contributed by atoms with Crippen LogP contribution < -0.4 is 5.73 Å². The van der Waals surface area contributed by atoms with E-state index in [1.165, 1.54) is 0 Å². The van der Waals surface area contributed by atoms with Gasteiger partial charge in [0.1, 0.15) is 11.5 Å². The lowest BCUT2D eigenvalue weighted by molar-refractivity contribution is 0.978. The molecular formula is C16H16N4. The summed E-state index contributed by atoms with van der Waals surface area (Å²) >= 11 is 0. The minimum Gasteiger partial charge on any atom is -0.383 e. The second kappa shape index (κ2) is 4.89. The van der Waals surface area contributed by atoms with Crippen LogP contribution in [0.25, 0.3) is 22.3 Å². The van der Waals surface area contributed by atoms with Gasteiger partial charge in [0.05, 0.1) is 0 Å². The van der Waals surface area contributed by atoms with Gasteiger partial charge in [0.15, 0.2) is 5.82 Å². The Morgan fingerprint density at radius 2 is 1.90 bits per heavy atom. The number of nitrogen functional groups attached to an aromatic ring is 1. The van der Waals surface area contributed by atoms with E-state index in [-0.39, 0.29) is 0 Å². The van der Waals surface area contributed by atoms with Crippen molar-refractivity contribution in [1.82, 2.24) is 15.0 Å². The van der Waals surface area contributed by atoms with Crippen molar-refractivity contribution in [2.45, 2.75) is 20.3 Å². The molecule has 3 aromatic rings. The number of anilines is 1. The lowest BCUT2D eigenvalue weighted by Gasteiger charge is -2.09. The molecule has 0 spiro atoms. The molecule has 0 unspecified atom stereocenters. The van der Waals surface area contributed by atoms with Crippen LogP contribution >= 0.6 is 0 Å². The molecule has 0 fully saturated rings. The van der Waals surface area contributed by atoms with Gasteiger partial charge in [0.2, 0.25) is 0 Å². The zero-order chi connectivity index (χ0) is 14.1. The SMILES string of the molecule is CCc1nc(-c2nccc3ccccc23)nc(N)c1C. The van der Waals surface area contributed by atoms with E-state index >= 15 is 0 Å². The smallest absolute Gasteiger partial charge is 0.181 e. The topological polar surface area (TPSA) is 64.7 Å². The fourth-order valence-electron chi connectivity index (χ4n) is 2.33. The number of aromatic nitrogens is 3. The maximum atomic E-state index is 6.00. The molecule has 100 valence electrons. The molecule has 0 amide bonds. The molecule has 0 aliphatic carbocycles. The Hall–Kier alpha value is -2.49. The quantitative estimate of drug-likeness (QED) is 0.772. The number of pyridine rings is 1. The van der Waals surface area contributed by atoms with Crippen LogP contribution in [0.3, 0.4) is 0 Å². The van der Waals surface area contributed by atoms with Crippen molar-refractivity contribution >= 4 is 16.6 Å². The summed E-state index contributed by atoms with van der Waals surface area (Å²) in [6, 6.07) is 10.1. The molecule has 0 aliphatic rings. The zero-order valence-electron chi connectivity index (χ0n) is 11.6. The molecule has 0 saturated carbocycles. The number of nitrogens with zero attached hydrogens (tertiary/aromatic N) is 3. The van der Waals surface area contributed by atoms with Crippen molar-refractivity contribution in [2.24, 2.45) is 0 Å². The largest absolute Gasteiger partial charge is 0.383 e. The highest BCUT2D eigenvalue weighted by Gasteiger charge is 2.12. The Morgan fingerprint density at radius 1 is 1.10 bits per heavy atom. The molecule has 0 bridgehead atoms. The first kappa shape index (κ1) is 12.5. The number of benzene rings is 1. The third-order valence-electron chi connectivity index (χ3n) is 3.50. The minimum atomic E-state index is 0.529. The van der Waals surface area contributed by atoms with Crippen molar-refractivity contribution in [3.8, 4) is 11.5 Å². The molecule has 4 heteroatoms. The molecule has 2 N–H and O–H groups in total. The van der Waals surface area contributed by atoms with E-state index in [1.54, 1.807) is 6.20 Å². The highest BCUT2D eigenvalue weighted by molar-refractivity contribution is 5.92. The van der Waals surface area contributed by atoms with Gasteiger partial charge < -0.3 is 5.73 Å². The molecule has 0 radical (unpaired) electrons. The van der Waals surface area contributed by atoms with Crippen LogP contribution in [0.2, 0.25) is 0 Å². The summed E-state index contributed by atoms with van der Waals surface area (Å²) in [7, 11) is 0. The Morgan fingerprint density at radius 3 is 2.70 bits per heavy atom. The molecule has 4 nitrogen and oxygen atoms in total. The van der Waals surface area contributed by atoms with Crippen molar-refractivity contribution in [3.63, 3.8) is 0 Å². The summed E-state index contributed by atoms with van der Waals surface area (Å²) in [6.45, 7) is 4.02. The summed E-state index contributed by atoms with van der Waals surface area (Å²) in [6.07, 6.45) is 2.61. The molecular weight excluding hydrogens is 248 g/mol. The highest BCUT2D eigenvalue weighted by Crippen LogP contribution is 2.25. The Balaban J connectivity index is 2.28. The maximum absolute atomic E-state index is 6.00. The predicted molar refractivity (Wildman–Crippen MR) is 81.3 cm³/mol. The van der Waals surface area contributed by atoms with E-state index in [0.717, 1.165) is 34.1 Å². The van der Waals surface area contributed by atoms with E-state index in [0.29, 0.717) is 11.6 Å². The van der Waals surface area contributed by atoms with E-state index < -0.39 is 0 Å². The molecule has 3 rings (SSSR count). The van der Waals surface area contributed by atoms with Crippen molar-refractivity contribution in [2.75, 3.05) is 5.73 Å². The molecule has 0 aliphatic heterocycles. The van der Waals surface area contributed by atoms with Crippen LogP contribution in [0, 0.1) is 6.92 Å². The summed E-state index contributed by atoms with van der Waals surface area (Å²) in [5.74, 6) is 1.13.